The van der Waals surface area contributed by atoms with E-state index in [1.807, 2.05) is 0 Å². The first-order valence-electron chi connectivity index (χ1n) is 2.68. The van der Waals surface area contributed by atoms with Gasteiger partial charge in [0, 0.05) is 6.42 Å². The second-order valence-electron chi connectivity index (χ2n) is 2.15. The lowest BCUT2D eigenvalue weighted by molar-refractivity contribution is 0.344. The zero-order valence-electron chi connectivity index (χ0n) is 4.09. The number of ether oxygens (including phenoxy) is 2. The highest BCUT2D eigenvalue weighted by Crippen LogP contribution is 2.23. The highest BCUT2D eigenvalue weighted by molar-refractivity contribution is 4.79. The van der Waals surface area contributed by atoms with E-state index in [4.69, 9.17) is 9.47 Å². The summed E-state index contributed by atoms with van der Waals surface area (Å²) in [5.41, 5.74) is 0. The van der Waals surface area contributed by atoms with Crippen molar-refractivity contribution >= 4 is 0 Å². The lowest BCUT2D eigenvalue weighted by Crippen LogP contribution is -1.90. The molecule has 2 heteroatoms. The third kappa shape index (κ3) is 0.924. The van der Waals surface area contributed by atoms with Gasteiger partial charge < -0.3 is 9.47 Å². The minimum atomic E-state index is 0.562. The van der Waals surface area contributed by atoms with Crippen LogP contribution in [0.2, 0.25) is 0 Å². The van der Waals surface area contributed by atoms with E-state index in [0.29, 0.717) is 12.2 Å². The second kappa shape index (κ2) is 1.20. The molecule has 2 aliphatic heterocycles. The van der Waals surface area contributed by atoms with E-state index in [-0.39, 0.29) is 0 Å². The maximum atomic E-state index is 4.98. The minimum Gasteiger partial charge on any atom is -0.373 e. The molecule has 0 aromatic carbocycles. The van der Waals surface area contributed by atoms with Crippen molar-refractivity contribution in [2.24, 2.45) is 0 Å². The predicted octanol–water partition coefficient (Wildman–Crippen LogP) is 0.174. The van der Waals surface area contributed by atoms with Crippen molar-refractivity contribution in [2.75, 3.05) is 13.2 Å². The fourth-order valence-electron chi connectivity index (χ4n) is 0.701. The van der Waals surface area contributed by atoms with Crippen LogP contribution in [0.1, 0.15) is 6.42 Å². The molecule has 0 N–H and O–H groups in total. The maximum absolute atomic E-state index is 4.98. The lowest BCUT2D eigenvalue weighted by Gasteiger charge is -1.80. The Morgan fingerprint density at radius 2 is 1.57 bits per heavy atom. The number of rotatable bonds is 2. The first-order valence-corrected chi connectivity index (χ1v) is 2.68. The highest BCUT2D eigenvalue weighted by Gasteiger charge is 2.32. The van der Waals surface area contributed by atoms with Crippen molar-refractivity contribution in [2.45, 2.75) is 18.6 Å². The Kier molecular flexibility index (Phi) is 0.664. The van der Waals surface area contributed by atoms with Crippen molar-refractivity contribution < 1.29 is 9.47 Å². The van der Waals surface area contributed by atoms with Crippen LogP contribution in [0.25, 0.3) is 0 Å². The molecule has 0 aromatic heterocycles. The van der Waals surface area contributed by atoms with Crippen molar-refractivity contribution in [3.05, 3.63) is 0 Å². The van der Waals surface area contributed by atoms with Gasteiger partial charge in [-0.3, -0.25) is 0 Å². The van der Waals surface area contributed by atoms with Crippen LogP contribution in [0.4, 0.5) is 0 Å². The molecule has 0 saturated carbocycles. The standard InChI is InChI=1S/C5H8O2/c1(4-2-6-4)5-3-7-5/h4-5H,1-3H2. The molecule has 40 valence electrons. The van der Waals surface area contributed by atoms with Crippen molar-refractivity contribution in [3.63, 3.8) is 0 Å². The van der Waals surface area contributed by atoms with Gasteiger partial charge in [0.25, 0.3) is 0 Å². The van der Waals surface area contributed by atoms with Gasteiger partial charge >= 0.3 is 0 Å². The zero-order chi connectivity index (χ0) is 4.69. The van der Waals surface area contributed by atoms with E-state index in [2.05, 4.69) is 0 Å². The van der Waals surface area contributed by atoms with E-state index in [1.54, 1.807) is 0 Å². The normalized spacial score (nSPS) is 46.3. The van der Waals surface area contributed by atoms with Crippen LogP contribution in [-0.4, -0.2) is 25.4 Å². The molecule has 0 aliphatic carbocycles. The topological polar surface area (TPSA) is 25.1 Å². The molecule has 2 heterocycles. The van der Waals surface area contributed by atoms with Crippen molar-refractivity contribution in [1.82, 2.24) is 0 Å². The van der Waals surface area contributed by atoms with Crippen LogP contribution >= 0.6 is 0 Å². The molecule has 2 nitrogen and oxygen atoms in total. The average molecular weight is 100 g/mol. The van der Waals surface area contributed by atoms with Crippen LogP contribution in [0, 0.1) is 0 Å². The Morgan fingerprint density at radius 3 is 1.86 bits per heavy atom. The molecule has 0 amide bonds. The summed E-state index contributed by atoms with van der Waals surface area (Å²) in [5, 5.41) is 0. The fraction of sp³-hybridized carbons (Fsp3) is 1.00. The Balaban J connectivity index is 1.69. The van der Waals surface area contributed by atoms with Gasteiger partial charge in [0.05, 0.1) is 25.4 Å². The molecular formula is C5H8O2. The number of hydrogen-bond donors (Lipinski definition) is 0. The molecule has 2 unspecified atom stereocenters. The van der Waals surface area contributed by atoms with Crippen LogP contribution in [-0.2, 0) is 9.47 Å². The van der Waals surface area contributed by atoms with Crippen molar-refractivity contribution in [1.29, 1.82) is 0 Å². The molecule has 0 radical (unpaired) electrons. The smallest absolute Gasteiger partial charge is 0.0835 e. The Labute approximate surface area is 42.4 Å². The number of epoxide rings is 2. The molecule has 0 spiro atoms. The molecule has 2 rings (SSSR count). The van der Waals surface area contributed by atoms with E-state index < -0.39 is 0 Å². The number of hydrogen-bond acceptors (Lipinski definition) is 2. The third-order valence-electron chi connectivity index (χ3n) is 1.33. The second-order valence-corrected chi connectivity index (χ2v) is 2.15. The van der Waals surface area contributed by atoms with Gasteiger partial charge in [0.15, 0.2) is 0 Å². The quantitative estimate of drug-likeness (QED) is 0.462. The Morgan fingerprint density at radius 1 is 1.14 bits per heavy atom. The molecule has 0 bridgehead atoms. The summed E-state index contributed by atoms with van der Waals surface area (Å²) in [6.07, 6.45) is 2.26. The van der Waals surface area contributed by atoms with Gasteiger partial charge in [-0.15, -0.1) is 0 Å². The molecule has 2 aliphatic rings. The summed E-state index contributed by atoms with van der Waals surface area (Å²) in [4.78, 5) is 0. The van der Waals surface area contributed by atoms with E-state index in [1.165, 1.54) is 0 Å². The summed E-state index contributed by atoms with van der Waals surface area (Å²) in [6.45, 7) is 1.94. The monoisotopic (exact) mass is 100 g/mol. The van der Waals surface area contributed by atoms with Gasteiger partial charge in [-0.05, 0) is 0 Å². The lowest BCUT2D eigenvalue weighted by atomic mass is 10.3. The third-order valence-corrected chi connectivity index (χ3v) is 1.33. The molecular weight excluding hydrogens is 92.1 g/mol. The van der Waals surface area contributed by atoms with Crippen LogP contribution < -0.4 is 0 Å². The predicted molar refractivity (Wildman–Crippen MR) is 24.1 cm³/mol. The zero-order valence-corrected chi connectivity index (χ0v) is 4.09. The molecule has 2 atom stereocenters. The minimum absolute atomic E-state index is 0.562. The largest absolute Gasteiger partial charge is 0.373 e. The van der Waals surface area contributed by atoms with Crippen LogP contribution in [0.3, 0.4) is 0 Å². The SMILES string of the molecule is C1OC1CC1CO1. The highest BCUT2D eigenvalue weighted by atomic mass is 16.6. The van der Waals surface area contributed by atoms with E-state index >= 15 is 0 Å². The van der Waals surface area contributed by atoms with Gasteiger partial charge in [-0.1, -0.05) is 0 Å². The molecule has 2 fully saturated rings. The van der Waals surface area contributed by atoms with Gasteiger partial charge in [-0.25, -0.2) is 0 Å². The Hall–Kier alpha value is -0.0800. The van der Waals surface area contributed by atoms with Gasteiger partial charge in [-0.2, -0.15) is 0 Å². The van der Waals surface area contributed by atoms with Crippen LogP contribution in [0.5, 0.6) is 0 Å². The van der Waals surface area contributed by atoms with Gasteiger partial charge in [0.2, 0.25) is 0 Å². The van der Waals surface area contributed by atoms with E-state index in [9.17, 15) is 0 Å². The molecule has 0 aromatic rings. The van der Waals surface area contributed by atoms with E-state index in [0.717, 1.165) is 19.6 Å². The summed E-state index contributed by atoms with van der Waals surface area (Å²) in [5.74, 6) is 0. The maximum Gasteiger partial charge on any atom is 0.0835 e. The summed E-state index contributed by atoms with van der Waals surface area (Å²) >= 11 is 0. The first kappa shape index (κ1) is 3.87. The fourth-order valence-corrected chi connectivity index (χ4v) is 0.701. The average Bonchev–Trinajstić information content (AvgIpc) is 2.33. The van der Waals surface area contributed by atoms with Crippen LogP contribution in [0.15, 0.2) is 0 Å². The van der Waals surface area contributed by atoms with Gasteiger partial charge in [0.1, 0.15) is 0 Å². The summed E-state index contributed by atoms with van der Waals surface area (Å²) in [7, 11) is 0. The summed E-state index contributed by atoms with van der Waals surface area (Å²) < 4.78 is 9.96. The summed E-state index contributed by atoms with van der Waals surface area (Å²) in [6, 6.07) is 0. The molecule has 2 saturated heterocycles. The first-order chi connectivity index (χ1) is 3.45. The Bertz CT molecular complexity index is 64.1. The van der Waals surface area contributed by atoms with Crippen molar-refractivity contribution in [3.8, 4) is 0 Å². The molecule has 7 heavy (non-hydrogen) atoms.